The number of carboxylic acid groups (broad SMARTS) is 1. The Morgan fingerprint density at radius 3 is 2.21 bits per heavy atom. The molecular weight excluding hydrogens is 240 g/mol. The number of ketones is 1. The minimum absolute atomic E-state index is 0.0815. The molecule has 0 aromatic heterocycles. The lowest BCUT2D eigenvalue weighted by Gasteiger charge is -2.22. The van der Waals surface area contributed by atoms with E-state index in [2.05, 4.69) is 0 Å². The van der Waals surface area contributed by atoms with Crippen molar-refractivity contribution in [1.29, 1.82) is 0 Å². The fraction of sp³-hybridized carbons (Fsp3) is 0.500. The maximum absolute atomic E-state index is 11.8. The molecule has 1 aromatic rings. The molecule has 1 fully saturated rings. The van der Waals surface area contributed by atoms with Gasteiger partial charge >= 0.3 is 5.97 Å². The summed E-state index contributed by atoms with van der Waals surface area (Å²) in [5.74, 6) is -0.373. The zero-order valence-electron chi connectivity index (χ0n) is 11.1. The number of Topliss-reactive ketones (excluding diaryl/α,β-unsaturated/α-hetero) is 1. The van der Waals surface area contributed by atoms with Gasteiger partial charge in [-0.05, 0) is 24.3 Å². The van der Waals surface area contributed by atoms with E-state index in [1.165, 1.54) is 37.7 Å². The number of carbonyl (C=O) groups excluding carboxylic acids is 1. The van der Waals surface area contributed by atoms with Gasteiger partial charge in [-0.2, -0.15) is 0 Å². The van der Waals surface area contributed by atoms with Gasteiger partial charge in [0, 0.05) is 12.0 Å². The minimum Gasteiger partial charge on any atom is -0.481 e. The van der Waals surface area contributed by atoms with Gasteiger partial charge in [-0.15, -0.1) is 0 Å². The first kappa shape index (κ1) is 13.8. The summed E-state index contributed by atoms with van der Waals surface area (Å²) < 4.78 is 0. The normalized spacial score (nSPS) is 16.2. The third-order valence-electron chi connectivity index (χ3n) is 3.88. The lowest BCUT2D eigenvalue weighted by atomic mass is 9.84. The van der Waals surface area contributed by atoms with E-state index in [9.17, 15) is 9.59 Å². The molecular formula is C16H20O3. The Kier molecular flexibility index (Phi) is 4.72. The van der Waals surface area contributed by atoms with Crippen LogP contribution in [0.25, 0.3) is 0 Å². The average molecular weight is 260 g/mol. The molecule has 0 atom stereocenters. The average Bonchev–Trinajstić information content (AvgIpc) is 2.46. The minimum atomic E-state index is -0.924. The van der Waals surface area contributed by atoms with Gasteiger partial charge in [-0.25, -0.2) is 0 Å². The van der Waals surface area contributed by atoms with E-state index in [1.807, 2.05) is 24.3 Å². The fourth-order valence-corrected chi connectivity index (χ4v) is 2.74. The summed E-state index contributed by atoms with van der Waals surface area (Å²) in [4.78, 5) is 22.2. The van der Waals surface area contributed by atoms with Crippen LogP contribution in [0.5, 0.6) is 0 Å². The smallest absolute Gasteiger partial charge is 0.303 e. The molecule has 1 aliphatic carbocycles. The summed E-state index contributed by atoms with van der Waals surface area (Å²) in [6, 6.07) is 7.75. The Labute approximate surface area is 113 Å². The van der Waals surface area contributed by atoms with E-state index in [1.54, 1.807) is 0 Å². The largest absolute Gasteiger partial charge is 0.481 e. The van der Waals surface area contributed by atoms with Crippen LogP contribution in [0.15, 0.2) is 24.3 Å². The van der Waals surface area contributed by atoms with Crippen molar-refractivity contribution in [3.05, 3.63) is 35.4 Å². The van der Waals surface area contributed by atoms with Gasteiger partial charge in [0.05, 0.1) is 6.42 Å². The number of aliphatic carboxylic acids is 1. The maximum Gasteiger partial charge on any atom is 0.303 e. The number of hydrogen-bond donors (Lipinski definition) is 1. The van der Waals surface area contributed by atoms with Gasteiger partial charge in [-0.3, -0.25) is 9.59 Å². The zero-order chi connectivity index (χ0) is 13.7. The first-order valence-corrected chi connectivity index (χ1v) is 7.02. The van der Waals surface area contributed by atoms with Crippen molar-refractivity contribution in [3.8, 4) is 0 Å². The van der Waals surface area contributed by atoms with Crippen LogP contribution in [0, 0.1) is 0 Å². The van der Waals surface area contributed by atoms with Gasteiger partial charge < -0.3 is 5.11 Å². The maximum atomic E-state index is 11.8. The molecule has 3 heteroatoms. The van der Waals surface area contributed by atoms with E-state index >= 15 is 0 Å². The molecule has 1 aromatic carbocycles. The molecule has 102 valence electrons. The van der Waals surface area contributed by atoms with Crippen LogP contribution in [-0.2, 0) is 4.79 Å². The monoisotopic (exact) mass is 260 g/mol. The van der Waals surface area contributed by atoms with Crippen LogP contribution in [0.3, 0.4) is 0 Å². The molecule has 0 aliphatic heterocycles. The van der Waals surface area contributed by atoms with E-state index in [-0.39, 0.29) is 18.6 Å². The first-order chi connectivity index (χ1) is 9.16. The fourth-order valence-electron chi connectivity index (χ4n) is 2.74. The van der Waals surface area contributed by atoms with Crippen LogP contribution in [0.4, 0.5) is 0 Å². The highest BCUT2D eigenvalue weighted by Crippen LogP contribution is 2.32. The van der Waals surface area contributed by atoms with Crippen molar-refractivity contribution in [2.45, 2.75) is 50.9 Å². The third-order valence-corrected chi connectivity index (χ3v) is 3.88. The summed E-state index contributed by atoms with van der Waals surface area (Å²) in [6.45, 7) is 0. The van der Waals surface area contributed by atoms with Crippen LogP contribution in [0.2, 0.25) is 0 Å². The van der Waals surface area contributed by atoms with Crippen LogP contribution in [0.1, 0.15) is 66.8 Å². The molecule has 2 rings (SSSR count). The second kappa shape index (κ2) is 6.50. The first-order valence-electron chi connectivity index (χ1n) is 7.02. The molecule has 19 heavy (non-hydrogen) atoms. The molecule has 0 spiro atoms. The molecule has 3 nitrogen and oxygen atoms in total. The summed E-state index contributed by atoms with van der Waals surface area (Å²) in [6.07, 6.45) is 6.40. The second-order valence-corrected chi connectivity index (χ2v) is 5.27. The van der Waals surface area contributed by atoms with Crippen molar-refractivity contribution in [2.24, 2.45) is 0 Å². The molecule has 0 saturated heterocycles. The predicted molar refractivity (Wildman–Crippen MR) is 73.5 cm³/mol. The summed E-state index contributed by atoms with van der Waals surface area (Å²) >= 11 is 0. The highest BCUT2D eigenvalue weighted by molar-refractivity contribution is 5.97. The van der Waals surface area contributed by atoms with Crippen molar-refractivity contribution in [2.75, 3.05) is 0 Å². The van der Waals surface area contributed by atoms with Gasteiger partial charge in [0.2, 0.25) is 0 Å². The Bertz CT molecular complexity index is 442. The number of carbonyl (C=O) groups is 2. The number of hydrogen-bond acceptors (Lipinski definition) is 2. The predicted octanol–water partition coefficient (Wildman–Crippen LogP) is 3.78. The van der Waals surface area contributed by atoms with Crippen LogP contribution >= 0.6 is 0 Å². The molecule has 0 bridgehead atoms. The Balaban J connectivity index is 1.97. The van der Waals surface area contributed by atoms with Crippen molar-refractivity contribution < 1.29 is 14.7 Å². The SMILES string of the molecule is O=C(O)CCC(=O)c1ccc(C2CCCCC2)cc1. The molecule has 1 aliphatic rings. The lowest BCUT2D eigenvalue weighted by Crippen LogP contribution is -2.06. The Morgan fingerprint density at radius 2 is 1.63 bits per heavy atom. The molecule has 0 amide bonds. The lowest BCUT2D eigenvalue weighted by molar-refractivity contribution is -0.136. The van der Waals surface area contributed by atoms with Crippen molar-refractivity contribution in [1.82, 2.24) is 0 Å². The molecule has 1 N–H and O–H groups in total. The van der Waals surface area contributed by atoms with Crippen molar-refractivity contribution in [3.63, 3.8) is 0 Å². The number of benzene rings is 1. The molecule has 0 heterocycles. The van der Waals surface area contributed by atoms with E-state index in [0.29, 0.717) is 11.5 Å². The second-order valence-electron chi connectivity index (χ2n) is 5.27. The highest BCUT2D eigenvalue weighted by atomic mass is 16.4. The van der Waals surface area contributed by atoms with E-state index in [4.69, 9.17) is 5.11 Å². The standard InChI is InChI=1S/C16H20O3/c17-15(10-11-16(18)19)14-8-6-13(7-9-14)12-4-2-1-3-5-12/h6-9,12H,1-5,10-11H2,(H,18,19). The van der Waals surface area contributed by atoms with E-state index in [0.717, 1.165) is 0 Å². The number of carboxylic acids is 1. The molecule has 0 radical (unpaired) electrons. The molecule has 1 saturated carbocycles. The Hall–Kier alpha value is -1.64. The summed E-state index contributed by atoms with van der Waals surface area (Å²) in [7, 11) is 0. The quantitative estimate of drug-likeness (QED) is 0.820. The topological polar surface area (TPSA) is 54.4 Å². The summed E-state index contributed by atoms with van der Waals surface area (Å²) in [5, 5.41) is 8.57. The van der Waals surface area contributed by atoms with Crippen LogP contribution < -0.4 is 0 Å². The van der Waals surface area contributed by atoms with Crippen LogP contribution in [-0.4, -0.2) is 16.9 Å². The van der Waals surface area contributed by atoms with Gasteiger partial charge in [-0.1, -0.05) is 43.5 Å². The molecule has 0 unspecified atom stereocenters. The summed E-state index contributed by atoms with van der Waals surface area (Å²) in [5.41, 5.74) is 1.94. The number of rotatable bonds is 5. The van der Waals surface area contributed by atoms with Crippen molar-refractivity contribution >= 4 is 11.8 Å². The highest BCUT2D eigenvalue weighted by Gasteiger charge is 2.16. The third kappa shape index (κ3) is 3.91. The van der Waals surface area contributed by atoms with E-state index < -0.39 is 5.97 Å². The van der Waals surface area contributed by atoms with Gasteiger partial charge in [0.15, 0.2) is 5.78 Å². The zero-order valence-corrected chi connectivity index (χ0v) is 11.1. The Morgan fingerprint density at radius 1 is 1.00 bits per heavy atom. The van der Waals surface area contributed by atoms with Gasteiger partial charge in [0.1, 0.15) is 0 Å². The van der Waals surface area contributed by atoms with Gasteiger partial charge in [0.25, 0.3) is 0 Å².